The number of methoxy groups -OCH3 is 2. The van der Waals surface area contributed by atoms with Gasteiger partial charge in [0, 0.05) is 25.7 Å². The van der Waals surface area contributed by atoms with Gasteiger partial charge in [-0.1, -0.05) is 0 Å². The van der Waals surface area contributed by atoms with Crippen LogP contribution in [0.15, 0.2) is 23.7 Å². The number of allylic oxidation sites excluding steroid dienone is 3. The Balaban J connectivity index is 4.34. The Morgan fingerprint density at radius 3 is 2.11 bits per heavy atom. The summed E-state index contributed by atoms with van der Waals surface area (Å²) in [4.78, 5) is 0. The highest BCUT2D eigenvalue weighted by atomic mass is 16.7. The van der Waals surface area contributed by atoms with Crippen molar-refractivity contribution in [3.8, 4) is 0 Å². The molecule has 0 aromatic heterocycles. The quantitative estimate of drug-likeness (QED) is 0.445. The van der Waals surface area contributed by atoms with Crippen LogP contribution in [0.5, 0.6) is 0 Å². The maximum Gasteiger partial charge on any atom is 0.180 e. The maximum atomic E-state index is 5.44. The summed E-state index contributed by atoms with van der Waals surface area (Å²) in [6.07, 6.45) is 5.24. The smallest absolute Gasteiger partial charge is 0.180 e. The van der Waals surface area contributed by atoms with Crippen molar-refractivity contribution < 1.29 is 18.9 Å². The van der Waals surface area contributed by atoms with E-state index in [1.165, 1.54) is 0 Å². The van der Waals surface area contributed by atoms with Crippen molar-refractivity contribution in [1.29, 1.82) is 0 Å². The average molecular weight is 258 g/mol. The van der Waals surface area contributed by atoms with Crippen LogP contribution in [0, 0.1) is 0 Å². The molecule has 4 heteroatoms. The highest BCUT2D eigenvalue weighted by Gasteiger charge is 2.06. The molecule has 4 nitrogen and oxygen atoms in total. The Labute approximate surface area is 111 Å². The summed E-state index contributed by atoms with van der Waals surface area (Å²) in [5.74, 6) is 1.78. The van der Waals surface area contributed by atoms with Crippen molar-refractivity contribution in [3.05, 3.63) is 23.7 Å². The van der Waals surface area contributed by atoms with Crippen molar-refractivity contribution in [3.63, 3.8) is 0 Å². The molecule has 0 aliphatic carbocycles. The van der Waals surface area contributed by atoms with Crippen LogP contribution in [-0.4, -0.2) is 33.7 Å². The monoisotopic (exact) mass is 258 g/mol. The summed E-state index contributed by atoms with van der Waals surface area (Å²) in [6.45, 7) is 7.04. The van der Waals surface area contributed by atoms with E-state index in [4.69, 9.17) is 18.9 Å². The van der Waals surface area contributed by atoms with Gasteiger partial charge in [0.05, 0.1) is 25.7 Å². The molecule has 0 aromatic rings. The number of hydrogen-bond donors (Lipinski definition) is 0. The Hall–Kier alpha value is -1.00. The highest BCUT2D eigenvalue weighted by Crippen LogP contribution is 2.11. The third-order valence-corrected chi connectivity index (χ3v) is 2.39. The fraction of sp³-hybridized carbons (Fsp3) is 0.714. The van der Waals surface area contributed by atoms with Gasteiger partial charge in [0.1, 0.15) is 0 Å². The standard InChI is InChI=1S/C14H26O4/c1-6-17-14(18-7-2)11-13(16-5)10-8-9-12(3)15-4/h9,11,14H,6-8,10H2,1-5H3. The lowest BCUT2D eigenvalue weighted by atomic mass is 10.2. The van der Waals surface area contributed by atoms with Crippen LogP contribution < -0.4 is 0 Å². The van der Waals surface area contributed by atoms with Crippen LogP contribution in [0.25, 0.3) is 0 Å². The topological polar surface area (TPSA) is 36.9 Å². The molecule has 0 saturated heterocycles. The first-order chi connectivity index (χ1) is 8.67. The molecule has 106 valence electrons. The molecular formula is C14H26O4. The van der Waals surface area contributed by atoms with Gasteiger partial charge in [-0.3, -0.25) is 0 Å². The van der Waals surface area contributed by atoms with Crippen molar-refractivity contribution in [1.82, 2.24) is 0 Å². The number of rotatable bonds is 10. The van der Waals surface area contributed by atoms with Gasteiger partial charge in [0.15, 0.2) is 6.29 Å². The molecule has 0 heterocycles. The van der Waals surface area contributed by atoms with Gasteiger partial charge in [0.25, 0.3) is 0 Å². The zero-order valence-corrected chi connectivity index (χ0v) is 12.2. The molecule has 0 aromatic carbocycles. The van der Waals surface area contributed by atoms with Gasteiger partial charge >= 0.3 is 0 Å². The van der Waals surface area contributed by atoms with E-state index in [1.807, 2.05) is 32.9 Å². The molecule has 0 amide bonds. The summed E-state index contributed by atoms with van der Waals surface area (Å²) in [5.41, 5.74) is 0. The van der Waals surface area contributed by atoms with E-state index >= 15 is 0 Å². The fourth-order valence-corrected chi connectivity index (χ4v) is 1.38. The molecule has 0 unspecified atom stereocenters. The first-order valence-electron chi connectivity index (χ1n) is 6.36. The number of hydrogen-bond acceptors (Lipinski definition) is 4. The Morgan fingerprint density at radius 1 is 1.06 bits per heavy atom. The highest BCUT2D eigenvalue weighted by molar-refractivity contribution is 4.99. The maximum absolute atomic E-state index is 5.44. The lowest BCUT2D eigenvalue weighted by molar-refractivity contribution is -0.105. The molecule has 0 atom stereocenters. The largest absolute Gasteiger partial charge is 0.502 e. The third-order valence-electron chi connectivity index (χ3n) is 2.39. The minimum atomic E-state index is -0.331. The van der Waals surface area contributed by atoms with Gasteiger partial charge in [-0.25, -0.2) is 0 Å². The van der Waals surface area contributed by atoms with Crippen molar-refractivity contribution in [2.24, 2.45) is 0 Å². The molecule has 18 heavy (non-hydrogen) atoms. The lowest BCUT2D eigenvalue weighted by Crippen LogP contribution is -2.15. The molecule has 0 fully saturated rings. The summed E-state index contributed by atoms with van der Waals surface area (Å²) in [7, 11) is 3.33. The molecule has 0 aliphatic rings. The van der Waals surface area contributed by atoms with Gasteiger partial charge in [-0.2, -0.15) is 0 Å². The minimum Gasteiger partial charge on any atom is -0.502 e. The van der Waals surface area contributed by atoms with Gasteiger partial charge < -0.3 is 18.9 Å². The van der Waals surface area contributed by atoms with Crippen LogP contribution in [-0.2, 0) is 18.9 Å². The molecule has 0 N–H and O–H groups in total. The molecule has 0 rings (SSSR count). The molecule has 0 bridgehead atoms. The van der Waals surface area contributed by atoms with E-state index < -0.39 is 0 Å². The first-order valence-corrected chi connectivity index (χ1v) is 6.36. The Morgan fingerprint density at radius 2 is 1.67 bits per heavy atom. The number of ether oxygens (including phenoxy) is 4. The van der Waals surface area contributed by atoms with Crippen LogP contribution >= 0.6 is 0 Å². The summed E-state index contributed by atoms with van der Waals surface area (Å²) < 4.78 is 21.3. The van der Waals surface area contributed by atoms with Crippen molar-refractivity contribution >= 4 is 0 Å². The van der Waals surface area contributed by atoms with Gasteiger partial charge in [-0.05, 0) is 33.3 Å². The third kappa shape index (κ3) is 8.14. The second-order valence-electron chi connectivity index (χ2n) is 3.67. The van der Waals surface area contributed by atoms with E-state index in [-0.39, 0.29) is 6.29 Å². The molecule has 0 spiro atoms. The summed E-state index contributed by atoms with van der Waals surface area (Å²) in [6, 6.07) is 0. The molecule has 0 radical (unpaired) electrons. The SMILES string of the molecule is CCOC(C=C(CCC=C(C)OC)OC)OCC. The van der Waals surface area contributed by atoms with E-state index in [0.717, 1.165) is 24.4 Å². The average Bonchev–Trinajstić information content (AvgIpc) is 2.37. The summed E-state index contributed by atoms with van der Waals surface area (Å²) in [5, 5.41) is 0. The zero-order valence-electron chi connectivity index (χ0n) is 12.2. The van der Waals surface area contributed by atoms with Crippen LogP contribution in [0.1, 0.15) is 33.6 Å². The van der Waals surface area contributed by atoms with Gasteiger partial charge in [0.2, 0.25) is 0 Å². The summed E-state index contributed by atoms with van der Waals surface area (Å²) >= 11 is 0. The molecule has 0 saturated carbocycles. The fourth-order valence-electron chi connectivity index (χ4n) is 1.38. The van der Waals surface area contributed by atoms with Gasteiger partial charge in [-0.15, -0.1) is 0 Å². The molecular weight excluding hydrogens is 232 g/mol. The van der Waals surface area contributed by atoms with Crippen LogP contribution in [0.2, 0.25) is 0 Å². The van der Waals surface area contributed by atoms with E-state index in [9.17, 15) is 0 Å². The lowest BCUT2D eigenvalue weighted by Gasteiger charge is -2.14. The second kappa shape index (κ2) is 11.1. The predicted molar refractivity (Wildman–Crippen MR) is 72.1 cm³/mol. The van der Waals surface area contributed by atoms with E-state index in [0.29, 0.717) is 13.2 Å². The van der Waals surface area contributed by atoms with Crippen LogP contribution in [0.3, 0.4) is 0 Å². The molecule has 0 aliphatic heterocycles. The first kappa shape index (κ1) is 17.0. The zero-order chi connectivity index (χ0) is 13.8. The van der Waals surface area contributed by atoms with E-state index in [1.54, 1.807) is 14.2 Å². The second-order valence-corrected chi connectivity index (χ2v) is 3.67. The minimum absolute atomic E-state index is 0.331. The van der Waals surface area contributed by atoms with Crippen molar-refractivity contribution in [2.75, 3.05) is 27.4 Å². The Kier molecular flexibility index (Phi) is 10.5. The van der Waals surface area contributed by atoms with Crippen LogP contribution in [0.4, 0.5) is 0 Å². The Bertz CT molecular complexity index is 253. The van der Waals surface area contributed by atoms with E-state index in [2.05, 4.69) is 0 Å². The predicted octanol–water partition coefficient (Wildman–Crippen LogP) is 3.25. The normalized spacial score (nSPS) is 13.0. The van der Waals surface area contributed by atoms with Crippen molar-refractivity contribution in [2.45, 2.75) is 39.9 Å².